The van der Waals surface area contributed by atoms with Gasteiger partial charge in [-0.3, -0.25) is 4.79 Å². The molecule has 10 heteroatoms. The second-order valence-corrected chi connectivity index (χ2v) is 13.0. The average Bonchev–Trinajstić information content (AvgIpc) is 3.40. The minimum Gasteiger partial charge on any atom is -0.342 e. The molecule has 0 bridgehead atoms. The minimum absolute atomic E-state index is 0.0757. The van der Waals surface area contributed by atoms with E-state index < -0.39 is 10.0 Å². The second kappa shape index (κ2) is 9.11. The Bertz CT molecular complexity index is 1110. The Kier molecular flexibility index (Phi) is 6.35. The van der Waals surface area contributed by atoms with E-state index in [-0.39, 0.29) is 11.8 Å². The molecule has 1 aliphatic carbocycles. The summed E-state index contributed by atoms with van der Waals surface area (Å²) in [6.07, 6.45) is 6.59. The highest BCUT2D eigenvalue weighted by atomic mass is 32.2. The van der Waals surface area contributed by atoms with Gasteiger partial charge in [0.15, 0.2) is 0 Å². The number of rotatable bonds is 5. The Balaban J connectivity index is 1.25. The molecule has 3 fully saturated rings. The van der Waals surface area contributed by atoms with Crippen LogP contribution in [0.5, 0.6) is 0 Å². The normalized spacial score (nSPS) is 21.9. The Hall–Kier alpha value is -1.78. The van der Waals surface area contributed by atoms with E-state index in [0.717, 1.165) is 43.6 Å². The lowest BCUT2D eigenvalue weighted by Gasteiger charge is -2.36. The number of sulfonamides is 1. The van der Waals surface area contributed by atoms with Crippen molar-refractivity contribution in [3.05, 3.63) is 16.8 Å². The van der Waals surface area contributed by atoms with Crippen LogP contribution in [0.1, 0.15) is 68.6 Å². The van der Waals surface area contributed by atoms with Crippen LogP contribution < -0.4 is 0 Å². The number of piperidine rings is 2. The van der Waals surface area contributed by atoms with Crippen molar-refractivity contribution in [1.82, 2.24) is 19.3 Å². The third-order valence-electron chi connectivity index (χ3n) is 7.51. The van der Waals surface area contributed by atoms with Gasteiger partial charge in [0.25, 0.3) is 0 Å². The summed E-state index contributed by atoms with van der Waals surface area (Å²) in [7, 11) is -3.63. The van der Waals surface area contributed by atoms with Gasteiger partial charge in [-0.05, 0) is 57.4 Å². The molecule has 180 valence electrons. The van der Waals surface area contributed by atoms with Crippen molar-refractivity contribution in [2.75, 3.05) is 26.2 Å². The van der Waals surface area contributed by atoms with Gasteiger partial charge in [-0.1, -0.05) is 18.5 Å². The van der Waals surface area contributed by atoms with Crippen LogP contribution in [0.25, 0.3) is 10.7 Å². The topological polar surface area (TPSA) is 96.6 Å². The molecule has 0 radical (unpaired) electrons. The van der Waals surface area contributed by atoms with Gasteiger partial charge in [0.05, 0.1) is 9.77 Å². The smallest absolute Gasteiger partial charge is 0.244 e. The molecule has 8 nitrogen and oxygen atoms in total. The predicted molar refractivity (Wildman–Crippen MR) is 125 cm³/mol. The summed E-state index contributed by atoms with van der Waals surface area (Å²) < 4.78 is 33.8. The van der Waals surface area contributed by atoms with Crippen LogP contribution in [0, 0.1) is 18.8 Å². The molecule has 33 heavy (non-hydrogen) atoms. The lowest BCUT2D eigenvalue weighted by molar-refractivity contribution is -0.138. The molecule has 5 rings (SSSR count). The lowest BCUT2D eigenvalue weighted by atomic mass is 9.85. The van der Waals surface area contributed by atoms with Crippen LogP contribution >= 0.6 is 11.3 Å². The van der Waals surface area contributed by atoms with E-state index in [1.807, 2.05) is 11.8 Å². The maximum atomic E-state index is 13.4. The van der Waals surface area contributed by atoms with E-state index in [4.69, 9.17) is 4.52 Å². The third-order valence-corrected chi connectivity index (χ3v) is 10.7. The molecule has 2 aromatic heterocycles. The molecular formula is C23H32N4O4S2. The predicted octanol–water partition coefficient (Wildman–Crippen LogP) is 4.03. The molecule has 1 saturated carbocycles. The summed E-state index contributed by atoms with van der Waals surface area (Å²) in [5, 5.41) is 4.09. The molecule has 0 atom stereocenters. The van der Waals surface area contributed by atoms with Crippen LogP contribution in [0.2, 0.25) is 0 Å². The zero-order valence-electron chi connectivity index (χ0n) is 19.3. The third kappa shape index (κ3) is 4.49. The fraction of sp³-hybridized carbons (Fsp3) is 0.696. The molecule has 0 unspecified atom stereocenters. The monoisotopic (exact) mass is 492 g/mol. The van der Waals surface area contributed by atoms with Crippen LogP contribution in [0.3, 0.4) is 0 Å². The van der Waals surface area contributed by atoms with E-state index in [1.165, 1.54) is 22.1 Å². The quantitative estimate of drug-likeness (QED) is 0.625. The average molecular weight is 493 g/mol. The number of hydrogen-bond donors (Lipinski definition) is 0. The maximum Gasteiger partial charge on any atom is 0.244 e. The van der Waals surface area contributed by atoms with Crippen molar-refractivity contribution in [1.29, 1.82) is 0 Å². The number of likely N-dealkylation sites (tertiary alicyclic amines) is 1. The Morgan fingerprint density at radius 3 is 2.42 bits per heavy atom. The Morgan fingerprint density at radius 2 is 1.79 bits per heavy atom. The van der Waals surface area contributed by atoms with Crippen molar-refractivity contribution in [2.24, 2.45) is 11.8 Å². The number of carbonyl (C=O) groups is 1. The SMILES string of the molecule is Cc1sc(-c2noc(C3CCC3)n2)cc1S(=O)(=O)N1CCC(C(=O)N2CCC(C)CC2)CC1. The summed E-state index contributed by atoms with van der Waals surface area (Å²) in [5.74, 6) is 2.26. The molecule has 0 aromatic carbocycles. The minimum atomic E-state index is -3.63. The van der Waals surface area contributed by atoms with Crippen LogP contribution in [-0.4, -0.2) is 59.8 Å². The number of carbonyl (C=O) groups excluding carboxylic acids is 1. The summed E-state index contributed by atoms with van der Waals surface area (Å²) in [4.78, 5) is 21.2. The number of hydrogen-bond acceptors (Lipinski definition) is 7. The standard InChI is InChI=1S/C23H32N4O4S2/c1-15-6-10-26(11-7-15)23(28)18-8-12-27(13-9-18)33(29,30)20-14-19(32-16(20)2)21-24-22(31-25-21)17-4-3-5-17/h14-15,17-18H,3-13H2,1-2H3. The number of nitrogens with zero attached hydrogens (tertiary/aromatic N) is 4. The first-order valence-electron chi connectivity index (χ1n) is 12.1. The van der Waals surface area contributed by atoms with Crippen LogP contribution in [0.4, 0.5) is 0 Å². The van der Waals surface area contributed by atoms with Gasteiger partial charge < -0.3 is 9.42 Å². The number of aryl methyl sites for hydroxylation is 1. The highest BCUT2D eigenvalue weighted by Gasteiger charge is 2.36. The Morgan fingerprint density at radius 1 is 1.09 bits per heavy atom. The van der Waals surface area contributed by atoms with Crippen LogP contribution in [-0.2, 0) is 14.8 Å². The van der Waals surface area contributed by atoms with Gasteiger partial charge in [-0.25, -0.2) is 8.42 Å². The van der Waals surface area contributed by atoms with E-state index >= 15 is 0 Å². The Labute approximate surface area is 199 Å². The highest BCUT2D eigenvalue weighted by molar-refractivity contribution is 7.89. The first kappa shape index (κ1) is 23.0. The van der Waals surface area contributed by atoms with Crippen molar-refractivity contribution in [3.63, 3.8) is 0 Å². The fourth-order valence-corrected chi connectivity index (χ4v) is 7.91. The van der Waals surface area contributed by atoms with Crippen molar-refractivity contribution in [3.8, 4) is 10.7 Å². The van der Waals surface area contributed by atoms with Crippen molar-refractivity contribution >= 4 is 27.3 Å². The first-order valence-corrected chi connectivity index (χ1v) is 14.3. The fourth-order valence-electron chi connectivity index (χ4n) is 4.96. The van der Waals surface area contributed by atoms with Crippen LogP contribution in [0.15, 0.2) is 15.5 Å². The molecule has 0 spiro atoms. The first-order chi connectivity index (χ1) is 15.8. The molecular weight excluding hydrogens is 460 g/mol. The highest BCUT2D eigenvalue weighted by Crippen LogP contribution is 2.38. The van der Waals surface area contributed by atoms with Crippen molar-refractivity contribution < 1.29 is 17.7 Å². The van der Waals surface area contributed by atoms with E-state index in [2.05, 4.69) is 17.1 Å². The van der Waals surface area contributed by atoms with Gasteiger partial charge in [0.2, 0.25) is 27.6 Å². The van der Waals surface area contributed by atoms with Gasteiger partial charge in [-0.15, -0.1) is 11.3 Å². The summed E-state index contributed by atoms with van der Waals surface area (Å²) in [6.45, 7) is 6.46. The summed E-state index contributed by atoms with van der Waals surface area (Å²) in [6, 6.07) is 1.68. The number of aromatic nitrogens is 2. The molecule has 2 saturated heterocycles. The number of thiophene rings is 1. The summed E-state index contributed by atoms with van der Waals surface area (Å²) in [5.41, 5.74) is 0. The zero-order chi connectivity index (χ0) is 23.2. The largest absolute Gasteiger partial charge is 0.342 e. The number of amides is 1. The van der Waals surface area contributed by atoms with Gasteiger partial charge in [0, 0.05) is 42.9 Å². The van der Waals surface area contributed by atoms with Gasteiger partial charge in [0.1, 0.15) is 0 Å². The lowest BCUT2D eigenvalue weighted by Crippen LogP contribution is -2.46. The summed E-state index contributed by atoms with van der Waals surface area (Å²) >= 11 is 1.38. The second-order valence-electron chi connectivity index (χ2n) is 9.80. The van der Waals surface area contributed by atoms with E-state index in [9.17, 15) is 13.2 Å². The van der Waals surface area contributed by atoms with Crippen molar-refractivity contribution in [2.45, 2.75) is 69.6 Å². The zero-order valence-corrected chi connectivity index (χ0v) is 21.0. The molecule has 2 aliphatic heterocycles. The molecule has 2 aromatic rings. The molecule has 0 N–H and O–H groups in total. The molecule has 3 aliphatic rings. The van der Waals surface area contributed by atoms with E-state index in [0.29, 0.717) is 59.3 Å². The maximum absolute atomic E-state index is 13.4. The van der Waals surface area contributed by atoms with Gasteiger partial charge >= 0.3 is 0 Å². The van der Waals surface area contributed by atoms with E-state index in [1.54, 1.807) is 6.07 Å². The molecule has 4 heterocycles. The van der Waals surface area contributed by atoms with Gasteiger partial charge in [-0.2, -0.15) is 9.29 Å². The molecule has 1 amide bonds.